The minimum atomic E-state index is -1.33. The first kappa shape index (κ1) is 24.0. The van der Waals surface area contributed by atoms with E-state index in [4.69, 9.17) is 9.26 Å². The van der Waals surface area contributed by atoms with Gasteiger partial charge in [0.25, 0.3) is 5.91 Å². The van der Waals surface area contributed by atoms with E-state index in [1.165, 1.54) is 31.7 Å². The Morgan fingerprint density at radius 2 is 2.15 bits per heavy atom. The van der Waals surface area contributed by atoms with Crippen LogP contribution in [0.3, 0.4) is 0 Å². The van der Waals surface area contributed by atoms with Crippen LogP contribution < -0.4 is 10.6 Å². The summed E-state index contributed by atoms with van der Waals surface area (Å²) in [4.78, 5) is 64.9. The Balaban J connectivity index is 1.66. The maximum absolute atomic E-state index is 12.7. The first-order valence-electron chi connectivity index (χ1n) is 9.72. The molecule has 3 heterocycles. The van der Waals surface area contributed by atoms with E-state index in [1.54, 1.807) is 0 Å². The number of carbonyl (C=O) groups excluding carboxylic acids is 4. The number of nitrogens with zero attached hydrogens (tertiary/aromatic N) is 3. The van der Waals surface area contributed by atoms with Crippen LogP contribution in [-0.4, -0.2) is 80.1 Å². The first-order valence-corrected chi connectivity index (χ1v) is 10.8. The van der Waals surface area contributed by atoms with Gasteiger partial charge < -0.3 is 25.0 Å². The van der Waals surface area contributed by atoms with Gasteiger partial charge in [-0.05, 0) is 6.92 Å². The molecule has 2 aliphatic rings. The Hall–Kier alpha value is -3.68. The zero-order valence-electron chi connectivity index (χ0n) is 17.7. The van der Waals surface area contributed by atoms with E-state index in [0.717, 1.165) is 4.90 Å². The van der Waals surface area contributed by atoms with Crippen molar-refractivity contribution < 1.29 is 38.3 Å². The minimum Gasteiger partial charge on any atom is -0.477 e. The lowest BCUT2D eigenvalue weighted by molar-refractivity contribution is -0.151. The van der Waals surface area contributed by atoms with Crippen molar-refractivity contribution in [1.29, 1.82) is 0 Å². The van der Waals surface area contributed by atoms with Crippen molar-refractivity contribution in [2.75, 3.05) is 18.9 Å². The number of carboxylic acid groups (broad SMARTS) is 1. The highest BCUT2D eigenvalue weighted by Crippen LogP contribution is 2.40. The molecule has 0 aromatic carbocycles. The van der Waals surface area contributed by atoms with Crippen LogP contribution in [-0.2, 0) is 23.9 Å². The number of β-lactam (4-membered cyclic amide) rings is 1. The van der Waals surface area contributed by atoms with Crippen LogP contribution in [0.5, 0.6) is 0 Å². The number of amides is 3. The zero-order valence-corrected chi connectivity index (χ0v) is 18.5. The van der Waals surface area contributed by atoms with E-state index >= 15 is 0 Å². The van der Waals surface area contributed by atoms with Gasteiger partial charge in [0.15, 0.2) is 5.82 Å². The van der Waals surface area contributed by atoms with Gasteiger partial charge in [0.2, 0.25) is 5.91 Å². The van der Waals surface area contributed by atoms with E-state index in [2.05, 4.69) is 27.4 Å². The van der Waals surface area contributed by atoms with Gasteiger partial charge in [-0.2, -0.15) is 4.98 Å². The van der Waals surface area contributed by atoms with E-state index < -0.39 is 47.0 Å². The van der Waals surface area contributed by atoms with Crippen LogP contribution in [0.25, 0.3) is 0 Å². The van der Waals surface area contributed by atoms with Crippen LogP contribution in [0.4, 0.5) is 0 Å². The number of aliphatic carboxylic acids is 1. The van der Waals surface area contributed by atoms with Crippen LogP contribution in [0.1, 0.15) is 36.3 Å². The first-order chi connectivity index (χ1) is 15.6. The SMILES string of the molecule is C=CCNC(=O)c1nc(C(C)C(=O)N[C@@H]2C(=O)N3C(C(=O)O)=C(COC(C)=O)CS[C@H]23)no1. The summed E-state index contributed by atoms with van der Waals surface area (Å²) < 4.78 is 9.74. The van der Waals surface area contributed by atoms with E-state index in [-0.39, 0.29) is 36.3 Å². The number of esters is 1. The van der Waals surface area contributed by atoms with Crippen LogP contribution in [0.2, 0.25) is 0 Å². The Morgan fingerprint density at radius 3 is 2.79 bits per heavy atom. The molecule has 33 heavy (non-hydrogen) atoms. The second-order valence-corrected chi connectivity index (χ2v) is 8.22. The molecule has 3 rings (SSSR count). The summed E-state index contributed by atoms with van der Waals surface area (Å²) in [5.74, 6) is -4.84. The molecular formula is C19H21N5O8S. The molecule has 1 saturated heterocycles. The molecule has 0 bridgehead atoms. The Bertz CT molecular complexity index is 1050. The number of hydrogen-bond acceptors (Lipinski definition) is 10. The smallest absolute Gasteiger partial charge is 0.352 e. The predicted octanol–water partition coefficient (Wildman–Crippen LogP) is -0.609. The van der Waals surface area contributed by atoms with Gasteiger partial charge in [-0.25, -0.2) is 4.79 Å². The number of thioether (sulfide) groups is 1. The molecule has 3 N–H and O–H groups in total. The quantitative estimate of drug-likeness (QED) is 0.233. The highest BCUT2D eigenvalue weighted by atomic mass is 32.2. The van der Waals surface area contributed by atoms with Gasteiger partial charge in [0.05, 0.1) is 5.92 Å². The Morgan fingerprint density at radius 1 is 1.42 bits per heavy atom. The molecular weight excluding hydrogens is 458 g/mol. The van der Waals surface area contributed by atoms with Gasteiger partial charge in [0, 0.05) is 24.8 Å². The Labute approximate surface area is 191 Å². The molecule has 1 aromatic heterocycles. The number of carboxylic acids is 1. The summed E-state index contributed by atoms with van der Waals surface area (Å²) in [5, 5.41) is 17.6. The van der Waals surface area contributed by atoms with Crippen LogP contribution >= 0.6 is 11.8 Å². The molecule has 3 atom stereocenters. The van der Waals surface area contributed by atoms with E-state index in [0.29, 0.717) is 5.57 Å². The number of hydrogen-bond donors (Lipinski definition) is 3. The monoisotopic (exact) mass is 479 g/mol. The topological polar surface area (TPSA) is 181 Å². The van der Waals surface area contributed by atoms with E-state index in [9.17, 15) is 29.1 Å². The molecule has 13 nitrogen and oxygen atoms in total. The third-order valence-electron chi connectivity index (χ3n) is 4.82. The number of aromatic nitrogens is 2. The van der Waals surface area contributed by atoms with Crippen molar-refractivity contribution in [2.45, 2.75) is 31.2 Å². The molecule has 0 radical (unpaired) electrons. The van der Waals surface area contributed by atoms with Crippen molar-refractivity contribution in [2.24, 2.45) is 0 Å². The number of rotatable bonds is 9. The van der Waals surface area contributed by atoms with Gasteiger partial charge in [-0.1, -0.05) is 11.2 Å². The predicted molar refractivity (Wildman–Crippen MR) is 112 cm³/mol. The van der Waals surface area contributed by atoms with Crippen molar-refractivity contribution in [1.82, 2.24) is 25.7 Å². The maximum Gasteiger partial charge on any atom is 0.352 e. The highest BCUT2D eigenvalue weighted by Gasteiger charge is 2.54. The molecule has 1 unspecified atom stereocenters. The lowest BCUT2D eigenvalue weighted by Gasteiger charge is -2.49. The maximum atomic E-state index is 12.7. The van der Waals surface area contributed by atoms with Crippen molar-refractivity contribution in [3.8, 4) is 0 Å². The average molecular weight is 479 g/mol. The normalized spacial score (nSPS) is 20.3. The number of carbonyl (C=O) groups is 5. The fourth-order valence-electron chi connectivity index (χ4n) is 3.12. The van der Waals surface area contributed by atoms with Crippen molar-refractivity contribution >= 4 is 41.4 Å². The standard InChI is InChI=1S/C19H21N5O8S/c1-4-5-20-15(27)16-22-13(23-32-16)8(2)14(26)21-11-17(28)24-12(19(29)30)10(6-31-9(3)25)7-33-18(11)24/h4,8,11,18H,1,5-7H2,2-3H3,(H,20,27)(H,21,26)(H,29,30)/t8?,11-,18-/m1/s1. The van der Waals surface area contributed by atoms with Crippen molar-refractivity contribution in [3.05, 3.63) is 35.6 Å². The second kappa shape index (κ2) is 9.85. The number of nitrogens with one attached hydrogen (secondary N) is 2. The number of ether oxygens (including phenoxy) is 1. The van der Waals surface area contributed by atoms with Crippen LogP contribution in [0.15, 0.2) is 28.4 Å². The fraction of sp³-hybridized carbons (Fsp3) is 0.421. The molecule has 176 valence electrons. The molecule has 0 saturated carbocycles. The molecule has 0 aliphatic carbocycles. The molecule has 14 heteroatoms. The van der Waals surface area contributed by atoms with Gasteiger partial charge in [-0.3, -0.25) is 24.1 Å². The van der Waals surface area contributed by atoms with E-state index in [1.807, 2.05) is 0 Å². The Kier molecular flexibility index (Phi) is 7.16. The summed E-state index contributed by atoms with van der Waals surface area (Å²) in [6.07, 6.45) is 1.47. The summed E-state index contributed by atoms with van der Waals surface area (Å²) in [6.45, 7) is 6.09. The third-order valence-corrected chi connectivity index (χ3v) is 6.16. The highest BCUT2D eigenvalue weighted by molar-refractivity contribution is 8.00. The molecule has 3 amide bonds. The summed E-state index contributed by atoms with van der Waals surface area (Å²) in [6, 6.07) is -0.961. The van der Waals surface area contributed by atoms with Crippen molar-refractivity contribution in [3.63, 3.8) is 0 Å². The van der Waals surface area contributed by atoms with Gasteiger partial charge in [0.1, 0.15) is 23.7 Å². The average Bonchev–Trinajstić information content (AvgIpc) is 3.28. The second-order valence-electron chi connectivity index (χ2n) is 7.11. The number of fused-ring (bicyclic) bond motifs is 1. The fourth-order valence-corrected chi connectivity index (χ4v) is 4.45. The molecule has 0 spiro atoms. The summed E-state index contributed by atoms with van der Waals surface area (Å²) in [5.41, 5.74) is 0.0383. The molecule has 1 fully saturated rings. The third kappa shape index (κ3) is 4.89. The lowest BCUT2D eigenvalue weighted by atomic mass is 10.0. The van der Waals surface area contributed by atoms with Crippen LogP contribution in [0, 0.1) is 0 Å². The minimum absolute atomic E-state index is 0.0500. The van der Waals surface area contributed by atoms with Gasteiger partial charge >= 0.3 is 23.7 Å². The summed E-state index contributed by atoms with van der Waals surface area (Å²) in [7, 11) is 0. The largest absolute Gasteiger partial charge is 0.477 e. The summed E-state index contributed by atoms with van der Waals surface area (Å²) >= 11 is 1.24. The lowest BCUT2D eigenvalue weighted by Crippen LogP contribution is -2.70. The zero-order chi connectivity index (χ0) is 24.3. The molecule has 2 aliphatic heterocycles. The molecule has 1 aromatic rings. The van der Waals surface area contributed by atoms with Gasteiger partial charge in [-0.15, -0.1) is 18.3 Å².